The van der Waals surface area contributed by atoms with Gasteiger partial charge in [0.15, 0.2) is 0 Å². The molecule has 0 aromatic heterocycles. The van der Waals surface area contributed by atoms with Crippen LogP contribution >= 0.6 is 0 Å². The number of hydrogen-bond acceptors (Lipinski definition) is 2. The second kappa shape index (κ2) is 4.43. The molecule has 2 unspecified atom stereocenters. The van der Waals surface area contributed by atoms with Gasteiger partial charge in [0.25, 0.3) is 10.1 Å². The van der Waals surface area contributed by atoms with E-state index in [-0.39, 0.29) is 10.3 Å². The topological polar surface area (TPSA) is 54.4 Å². The molecular formula is C17H22O3S. The lowest BCUT2D eigenvalue weighted by atomic mass is 9.69. The maximum atomic E-state index is 11.3. The van der Waals surface area contributed by atoms with Gasteiger partial charge in [-0.1, -0.05) is 44.6 Å². The zero-order valence-electron chi connectivity index (χ0n) is 12.8. The summed E-state index contributed by atoms with van der Waals surface area (Å²) in [5, 5.41) is 0. The van der Waals surface area contributed by atoms with E-state index in [9.17, 15) is 8.42 Å². The maximum absolute atomic E-state index is 11.3. The van der Waals surface area contributed by atoms with Crippen molar-refractivity contribution in [2.24, 2.45) is 16.7 Å². The van der Waals surface area contributed by atoms with Crippen LogP contribution in [0.15, 0.2) is 34.7 Å². The third kappa shape index (κ3) is 2.16. The summed E-state index contributed by atoms with van der Waals surface area (Å²) >= 11 is 0. The maximum Gasteiger partial charge on any atom is 0.294 e. The van der Waals surface area contributed by atoms with Crippen LogP contribution in [0.2, 0.25) is 0 Å². The van der Waals surface area contributed by atoms with E-state index in [1.807, 2.05) is 6.07 Å². The smallest absolute Gasteiger partial charge is 0.282 e. The molecule has 0 radical (unpaired) electrons. The normalized spacial score (nSPS) is 32.8. The number of rotatable bonds is 2. The molecule has 2 aliphatic carbocycles. The van der Waals surface area contributed by atoms with Crippen molar-refractivity contribution in [3.8, 4) is 0 Å². The van der Waals surface area contributed by atoms with Crippen molar-refractivity contribution >= 4 is 16.2 Å². The van der Waals surface area contributed by atoms with Crippen molar-refractivity contribution in [1.82, 2.24) is 0 Å². The van der Waals surface area contributed by atoms with E-state index in [0.29, 0.717) is 5.41 Å². The number of fused-ring (bicyclic) bond motifs is 2. The molecule has 1 aromatic carbocycles. The summed E-state index contributed by atoms with van der Waals surface area (Å²) in [4.78, 5) is -0.0376. The van der Waals surface area contributed by atoms with E-state index in [1.165, 1.54) is 24.5 Å². The number of hydrogen-bond donors (Lipinski definition) is 1. The minimum atomic E-state index is -4.14. The lowest BCUT2D eigenvalue weighted by molar-refractivity contribution is 0.180. The van der Waals surface area contributed by atoms with Crippen molar-refractivity contribution < 1.29 is 13.0 Å². The summed E-state index contributed by atoms with van der Waals surface area (Å²) in [6, 6.07) is 6.54. The summed E-state index contributed by atoms with van der Waals surface area (Å²) in [5.41, 5.74) is 2.77. The van der Waals surface area contributed by atoms with Crippen molar-refractivity contribution in [3.63, 3.8) is 0 Å². The van der Waals surface area contributed by atoms with Gasteiger partial charge in [-0.05, 0) is 53.7 Å². The molecule has 2 bridgehead atoms. The fourth-order valence-electron chi connectivity index (χ4n) is 4.20. The number of allylic oxidation sites excluding steroid dienone is 1. The average Bonchev–Trinajstić information content (AvgIpc) is 2.71. The molecule has 21 heavy (non-hydrogen) atoms. The van der Waals surface area contributed by atoms with Crippen LogP contribution in [0.25, 0.3) is 6.08 Å². The van der Waals surface area contributed by atoms with Crippen LogP contribution < -0.4 is 0 Å². The van der Waals surface area contributed by atoms with Crippen molar-refractivity contribution in [2.45, 2.75) is 44.9 Å². The van der Waals surface area contributed by atoms with Crippen molar-refractivity contribution in [1.29, 1.82) is 0 Å². The first kappa shape index (κ1) is 14.8. The first-order valence-electron chi connectivity index (χ1n) is 7.43. The standard InChI is InChI=1S/C17H22O3S/c1-16(2)13-7-8-17(16,3)14(11-13)9-12-5-4-6-15(10-12)21(18,19)20/h4-6,9-10,13H,7-8,11H2,1-3H3,(H,18,19,20)/b14-9+. The van der Waals surface area contributed by atoms with E-state index in [2.05, 4.69) is 26.8 Å². The Balaban J connectivity index is 2.01. The molecule has 0 heterocycles. The lowest BCUT2D eigenvalue weighted by Gasteiger charge is -2.35. The fraction of sp³-hybridized carbons (Fsp3) is 0.529. The molecule has 0 amide bonds. The highest BCUT2D eigenvalue weighted by molar-refractivity contribution is 7.85. The van der Waals surface area contributed by atoms with Crippen molar-refractivity contribution in [2.75, 3.05) is 0 Å². The minimum Gasteiger partial charge on any atom is -0.282 e. The highest BCUT2D eigenvalue weighted by Gasteiger charge is 2.58. The molecular weight excluding hydrogens is 284 g/mol. The molecule has 4 heteroatoms. The first-order valence-corrected chi connectivity index (χ1v) is 8.87. The van der Waals surface area contributed by atoms with Crippen LogP contribution in [0.3, 0.4) is 0 Å². The van der Waals surface area contributed by atoms with E-state index in [0.717, 1.165) is 17.9 Å². The highest BCUT2D eigenvalue weighted by Crippen LogP contribution is 2.68. The Bertz CT molecular complexity index is 715. The summed E-state index contributed by atoms with van der Waals surface area (Å²) in [7, 11) is -4.14. The van der Waals surface area contributed by atoms with Crippen LogP contribution in [-0.4, -0.2) is 13.0 Å². The molecule has 114 valence electrons. The molecule has 3 rings (SSSR count). The van der Waals surface area contributed by atoms with Gasteiger partial charge in [-0.25, -0.2) is 0 Å². The van der Waals surface area contributed by atoms with Crippen LogP contribution in [0, 0.1) is 16.7 Å². The Morgan fingerprint density at radius 3 is 2.52 bits per heavy atom. The van der Waals surface area contributed by atoms with E-state index < -0.39 is 10.1 Å². The SMILES string of the molecule is CC12CCC(C/C1=C\c1cccc(S(=O)(=O)O)c1)C2(C)C. The van der Waals surface area contributed by atoms with Crippen LogP contribution in [0.1, 0.15) is 45.6 Å². The largest absolute Gasteiger partial charge is 0.294 e. The second-order valence-electron chi connectivity index (χ2n) is 7.21. The molecule has 0 saturated heterocycles. The Hall–Kier alpha value is -1.13. The Morgan fingerprint density at radius 1 is 1.29 bits per heavy atom. The van der Waals surface area contributed by atoms with Gasteiger partial charge in [0.1, 0.15) is 0 Å². The minimum absolute atomic E-state index is 0.0376. The first-order chi connectivity index (χ1) is 9.64. The van der Waals surface area contributed by atoms with Gasteiger partial charge in [-0.15, -0.1) is 0 Å². The molecule has 2 aliphatic rings. The van der Waals surface area contributed by atoms with E-state index in [4.69, 9.17) is 4.55 Å². The monoisotopic (exact) mass is 306 g/mol. The quantitative estimate of drug-likeness (QED) is 0.835. The number of benzene rings is 1. The van der Waals surface area contributed by atoms with Gasteiger partial charge < -0.3 is 0 Å². The van der Waals surface area contributed by atoms with Gasteiger partial charge in [0.2, 0.25) is 0 Å². The zero-order valence-corrected chi connectivity index (χ0v) is 13.6. The highest BCUT2D eigenvalue weighted by atomic mass is 32.2. The van der Waals surface area contributed by atoms with Gasteiger partial charge >= 0.3 is 0 Å². The molecule has 2 atom stereocenters. The van der Waals surface area contributed by atoms with Gasteiger partial charge in [0, 0.05) is 0 Å². The third-order valence-electron chi connectivity index (χ3n) is 6.11. The van der Waals surface area contributed by atoms with Gasteiger partial charge in [-0.3, -0.25) is 4.55 Å². The van der Waals surface area contributed by atoms with Gasteiger partial charge in [0.05, 0.1) is 4.90 Å². The van der Waals surface area contributed by atoms with Crippen molar-refractivity contribution in [3.05, 3.63) is 35.4 Å². The summed E-state index contributed by atoms with van der Waals surface area (Å²) in [5.74, 6) is 0.721. The Kier molecular flexibility index (Phi) is 3.12. The zero-order chi connectivity index (χ0) is 15.5. The predicted octanol–water partition coefficient (Wildman–Crippen LogP) is 4.16. The molecule has 2 saturated carbocycles. The third-order valence-corrected chi connectivity index (χ3v) is 6.96. The fourth-order valence-corrected chi connectivity index (χ4v) is 4.74. The molecule has 3 nitrogen and oxygen atoms in total. The lowest BCUT2D eigenvalue weighted by Crippen LogP contribution is -2.27. The van der Waals surface area contributed by atoms with Crippen LogP contribution in [0.5, 0.6) is 0 Å². The second-order valence-corrected chi connectivity index (χ2v) is 8.63. The average molecular weight is 306 g/mol. The Morgan fingerprint density at radius 2 is 2.00 bits per heavy atom. The Labute approximate surface area is 126 Å². The molecule has 1 N–H and O–H groups in total. The molecule has 0 aliphatic heterocycles. The van der Waals surface area contributed by atoms with Crippen LogP contribution in [0.4, 0.5) is 0 Å². The summed E-state index contributed by atoms with van der Waals surface area (Å²) in [6.07, 6.45) is 5.70. The predicted molar refractivity (Wildman–Crippen MR) is 83.5 cm³/mol. The van der Waals surface area contributed by atoms with E-state index in [1.54, 1.807) is 12.1 Å². The van der Waals surface area contributed by atoms with Gasteiger partial charge in [-0.2, -0.15) is 8.42 Å². The summed E-state index contributed by atoms with van der Waals surface area (Å²) in [6.45, 7) is 7.03. The molecule has 1 aromatic rings. The molecule has 2 fully saturated rings. The van der Waals surface area contributed by atoms with E-state index >= 15 is 0 Å². The summed E-state index contributed by atoms with van der Waals surface area (Å²) < 4.78 is 31.7. The van der Waals surface area contributed by atoms with Crippen LogP contribution in [-0.2, 0) is 10.1 Å². The molecule has 0 spiro atoms.